The van der Waals surface area contributed by atoms with E-state index in [1.165, 1.54) is 0 Å². The summed E-state index contributed by atoms with van der Waals surface area (Å²) in [5, 5.41) is 0. The van der Waals surface area contributed by atoms with Crippen LogP contribution in [0.3, 0.4) is 0 Å². The van der Waals surface area contributed by atoms with Gasteiger partial charge in [-0.15, -0.1) is 0 Å². The Labute approximate surface area is 87.9 Å². The molecule has 0 aliphatic heterocycles. The molecule has 1 aromatic rings. The Morgan fingerprint density at radius 3 is 2.87 bits per heavy atom. The monoisotopic (exact) mass is 206 g/mol. The molecular formula is C10H14N4O. The highest BCUT2D eigenvalue weighted by molar-refractivity contribution is 5.97. The van der Waals surface area contributed by atoms with E-state index in [0.717, 1.165) is 12.1 Å². The Morgan fingerprint density at radius 2 is 2.20 bits per heavy atom. The number of Topliss-reactive ketones (excluding diaryl/α,β-unsaturated/α-hetero) is 1. The lowest BCUT2D eigenvalue weighted by molar-refractivity contribution is 0.0948. The van der Waals surface area contributed by atoms with Crippen molar-refractivity contribution in [3.05, 3.63) is 23.3 Å². The number of rotatable bonds is 2. The van der Waals surface area contributed by atoms with Gasteiger partial charge in [0.1, 0.15) is 5.82 Å². The van der Waals surface area contributed by atoms with Gasteiger partial charge in [-0.1, -0.05) is 0 Å². The summed E-state index contributed by atoms with van der Waals surface area (Å²) in [5.41, 5.74) is 12.5. The molecule has 2 rings (SSSR count). The quantitative estimate of drug-likeness (QED) is 0.689. The Hall–Kier alpha value is -1.33. The van der Waals surface area contributed by atoms with Gasteiger partial charge in [0.2, 0.25) is 0 Å². The fourth-order valence-electron chi connectivity index (χ4n) is 1.83. The topological polar surface area (TPSA) is 94.9 Å². The number of ketones is 1. The Morgan fingerprint density at radius 1 is 1.40 bits per heavy atom. The third-order valence-electron chi connectivity index (χ3n) is 2.69. The predicted molar refractivity (Wildman–Crippen MR) is 55.1 cm³/mol. The minimum atomic E-state index is 0.0928. The molecule has 1 aromatic heterocycles. The highest BCUT2D eigenvalue weighted by Gasteiger charge is 2.25. The van der Waals surface area contributed by atoms with Crippen molar-refractivity contribution in [1.29, 1.82) is 0 Å². The molecule has 1 aliphatic rings. The average molecular weight is 206 g/mol. The van der Waals surface area contributed by atoms with E-state index < -0.39 is 0 Å². The lowest BCUT2D eigenvalue weighted by Gasteiger charge is -2.21. The number of hydrogen-bond acceptors (Lipinski definition) is 5. The fourth-order valence-corrected chi connectivity index (χ4v) is 1.83. The van der Waals surface area contributed by atoms with Crippen molar-refractivity contribution in [3.8, 4) is 0 Å². The van der Waals surface area contributed by atoms with E-state index in [2.05, 4.69) is 9.97 Å². The molecule has 5 nitrogen and oxygen atoms in total. The summed E-state index contributed by atoms with van der Waals surface area (Å²) in [6.45, 7) is 0.821. The third-order valence-corrected chi connectivity index (χ3v) is 2.69. The zero-order valence-corrected chi connectivity index (χ0v) is 8.44. The molecule has 4 N–H and O–H groups in total. The highest BCUT2D eigenvalue weighted by Crippen LogP contribution is 2.22. The highest BCUT2D eigenvalue weighted by atomic mass is 16.1. The second-order valence-corrected chi connectivity index (χ2v) is 3.78. The van der Waals surface area contributed by atoms with E-state index in [1.807, 2.05) is 0 Å². The molecule has 1 atom stereocenters. The van der Waals surface area contributed by atoms with Gasteiger partial charge in [-0.25, -0.2) is 9.97 Å². The fraction of sp³-hybridized carbons (Fsp3) is 0.500. The van der Waals surface area contributed by atoms with E-state index in [1.54, 1.807) is 6.20 Å². The normalized spacial score (nSPS) is 20.1. The smallest absolute Gasteiger partial charge is 0.166 e. The summed E-state index contributed by atoms with van der Waals surface area (Å²) in [4.78, 5) is 20.0. The van der Waals surface area contributed by atoms with E-state index >= 15 is 0 Å². The first kappa shape index (κ1) is 10.2. The summed E-state index contributed by atoms with van der Waals surface area (Å²) in [6, 6.07) is 0. The van der Waals surface area contributed by atoms with Crippen LogP contribution in [0.2, 0.25) is 0 Å². The Kier molecular flexibility index (Phi) is 2.75. The first-order chi connectivity index (χ1) is 7.24. The van der Waals surface area contributed by atoms with E-state index in [0.29, 0.717) is 30.9 Å². The van der Waals surface area contributed by atoms with Crippen molar-refractivity contribution in [2.45, 2.75) is 19.4 Å². The predicted octanol–water partition coefficient (Wildman–Crippen LogP) is -0.361. The first-order valence-electron chi connectivity index (χ1n) is 5.02. The Bertz CT molecular complexity index is 391. The number of carbonyl (C=O) groups excluding carboxylic acids is 1. The molecule has 0 amide bonds. The van der Waals surface area contributed by atoms with Crippen LogP contribution in [0.15, 0.2) is 6.20 Å². The van der Waals surface area contributed by atoms with E-state index in [-0.39, 0.29) is 11.7 Å². The Balaban J connectivity index is 2.37. The number of fused-ring (bicyclic) bond motifs is 1. The maximum atomic E-state index is 11.7. The van der Waals surface area contributed by atoms with Gasteiger partial charge < -0.3 is 11.5 Å². The van der Waals surface area contributed by atoms with Crippen molar-refractivity contribution in [1.82, 2.24) is 9.97 Å². The summed E-state index contributed by atoms with van der Waals surface area (Å²) in [5.74, 6) is 0.889. The number of nitrogens with zero attached hydrogens (tertiary/aromatic N) is 2. The van der Waals surface area contributed by atoms with Crippen LogP contribution in [0.5, 0.6) is 0 Å². The molecule has 5 heteroatoms. The maximum Gasteiger partial charge on any atom is 0.166 e. The SMILES string of the molecule is NCc1ncc2c(n1)CC(CN)CC2=O. The standard InChI is InChI=1S/C10H14N4O/c11-3-6-1-8-7(9(15)2-6)5-13-10(4-12)14-8/h5-6H,1-4,11-12H2. The van der Waals surface area contributed by atoms with Gasteiger partial charge >= 0.3 is 0 Å². The summed E-state index contributed by atoms with van der Waals surface area (Å²) < 4.78 is 0. The van der Waals surface area contributed by atoms with Gasteiger partial charge in [0.25, 0.3) is 0 Å². The lowest BCUT2D eigenvalue weighted by Crippen LogP contribution is -2.27. The molecule has 0 spiro atoms. The van der Waals surface area contributed by atoms with Gasteiger partial charge in [0, 0.05) is 12.6 Å². The van der Waals surface area contributed by atoms with Crippen LogP contribution in [0.1, 0.15) is 28.3 Å². The molecule has 0 fully saturated rings. The van der Waals surface area contributed by atoms with Gasteiger partial charge in [0.05, 0.1) is 17.8 Å². The first-order valence-corrected chi connectivity index (χ1v) is 5.02. The number of aromatic nitrogens is 2. The molecular weight excluding hydrogens is 192 g/mol. The molecule has 80 valence electrons. The van der Waals surface area contributed by atoms with Gasteiger partial charge in [-0.3, -0.25) is 4.79 Å². The lowest BCUT2D eigenvalue weighted by atomic mass is 9.87. The van der Waals surface area contributed by atoms with E-state index in [9.17, 15) is 4.79 Å². The van der Waals surface area contributed by atoms with Crippen molar-refractivity contribution < 1.29 is 4.79 Å². The minimum absolute atomic E-state index is 0.0928. The number of carbonyl (C=O) groups is 1. The summed E-state index contributed by atoms with van der Waals surface area (Å²) in [6.07, 6.45) is 2.85. The van der Waals surface area contributed by atoms with Gasteiger partial charge in [-0.2, -0.15) is 0 Å². The average Bonchev–Trinajstić information content (AvgIpc) is 2.28. The molecule has 0 bridgehead atoms. The molecule has 1 unspecified atom stereocenters. The number of nitrogens with two attached hydrogens (primary N) is 2. The second kappa shape index (κ2) is 4.04. The van der Waals surface area contributed by atoms with Crippen LogP contribution < -0.4 is 11.5 Å². The maximum absolute atomic E-state index is 11.7. The summed E-state index contributed by atoms with van der Waals surface area (Å²) in [7, 11) is 0. The minimum Gasteiger partial charge on any atom is -0.330 e. The molecule has 1 heterocycles. The van der Waals surface area contributed by atoms with Crippen LogP contribution in [0.25, 0.3) is 0 Å². The molecule has 1 aliphatic carbocycles. The van der Waals surface area contributed by atoms with Crippen LogP contribution >= 0.6 is 0 Å². The van der Waals surface area contributed by atoms with Gasteiger partial charge in [-0.05, 0) is 18.9 Å². The van der Waals surface area contributed by atoms with Crippen LogP contribution in [0.4, 0.5) is 0 Å². The van der Waals surface area contributed by atoms with Gasteiger partial charge in [0.15, 0.2) is 5.78 Å². The number of hydrogen-bond donors (Lipinski definition) is 2. The zero-order chi connectivity index (χ0) is 10.8. The van der Waals surface area contributed by atoms with Crippen molar-refractivity contribution in [3.63, 3.8) is 0 Å². The molecule has 0 saturated carbocycles. The summed E-state index contributed by atoms with van der Waals surface area (Å²) >= 11 is 0. The molecule has 0 radical (unpaired) electrons. The molecule has 0 saturated heterocycles. The molecule has 15 heavy (non-hydrogen) atoms. The van der Waals surface area contributed by atoms with Crippen LogP contribution in [-0.2, 0) is 13.0 Å². The largest absolute Gasteiger partial charge is 0.330 e. The van der Waals surface area contributed by atoms with Crippen molar-refractivity contribution >= 4 is 5.78 Å². The van der Waals surface area contributed by atoms with E-state index in [4.69, 9.17) is 11.5 Å². The zero-order valence-electron chi connectivity index (χ0n) is 8.44. The second-order valence-electron chi connectivity index (χ2n) is 3.78. The van der Waals surface area contributed by atoms with Crippen molar-refractivity contribution in [2.24, 2.45) is 17.4 Å². The van der Waals surface area contributed by atoms with Crippen LogP contribution in [-0.4, -0.2) is 22.3 Å². The third kappa shape index (κ3) is 1.88. The molecule has 0 aromatic carbocycles. The van der Waals surface area contributed by atoms with Crippen LogP contribution in [0, 0.1) is 5.92 Å². The van der Waals surface area contributed by atoms with Crippen molar-refractivity contribution in [2.75, 3.05) is 6.54 Å².